The topological polar surface area (TPSA) is 58.6 Å². The minimum Gasteiger partial charge on any atom is -0.483 e. The summed E-state index contributed by atoms with van der Waals surface area (Å²) in [6.07, 6.45) is 0. The third-order valence-corrected chi connectivity index (χ3v) is 5.29. The first-order chi connectivity index (χ1) is 14.2. The molecule has 0 spiro atoms. The quantitative estimate of drug-likeness (QED) is 0.562. The van der Waals surface area contributed by atoms with Gasteiger partial charge in [-0.2, -0.15) is 0 Å². The maximum atomic E-state index is 13.1. The van der Waals surface area contributed by atoms with Gasteiger partial charge in [0.15, 0.2) is 6.61 Å². The fraction of sp³-hybridized carbons (Fsp3) is 0.417. The van der Waals surface area contributed by atoms with Gasteiger partial charge < -0.3 is 15.0 Å². The first kappa shape index (κ1) is 23.9. The summed E-state index contributed by atoms with van der Waals surface area (Å²) in [5.74, 6) is 0.565. The predicted molar refractivity (Wildman–Crippen MR) is 123 cm³/mol. The van der Waals surface area contributed by atoms with Gasteiger partial charge in [-0.25, -0.2) is 0 Å². The van der Waals surface area contributed by atoms with Crippen LogP contribution in [0.4, 0.5) is 0 Å². The maximum absolute atomic E-state index is 13.1. The highest BCUT2D eigenvalue weighted by Gasteiger charge is 2.27. The van der Waals surface area contributed by atoms with Crippen LogP contribution in [-0.2, 0) is 16.1 Å². The molecule has 0 aliphatic carbocycles. The van der Waals surface area contributed by atoms with Crippen molar-refractivity contribution in [1.29, 1.82) is 0 Å². The van der Waals surface area contributed by atoms with Gasteiger partial charge in [0.1, 0.15) is 11.8 Å². The zero-order valence-corrected chi connectivity index (χ0v) is 19.9. The second-order valence-corrected chi connectivity index (χ2v) is 8.88. The fourth-order valence-electron chi connectivity index (χ4n) is 3.09. The molecule has 5 nitrogen and oxygen atoms in total. The first-order valence-corrected chi connectivity index (χ1v) is 11.0. The van der Waals surface area contributed by atoms with Crippen LogP contribution in [0.25, 0.3) is 0 Å². The number of hydrogen-bond acceptors (Lipinski definition) is 3. The lowest BCUT2D eigenvalue weighted by molar-refractivity contribution is -0.142. The van der Waals surface area contributed by atoms with Gasteiger partial charge in [-0.3, -0.25) is 9.59 Å². The third-order valence-electron chi connectivity index (χ3n) is 4.76. The van der Waals surface area contributed by atoms with Crippen LogP contribution < -0.4 is 10.1 Å². The van der Waals surface area contributed by atoms with E-state index in [-0.39, 0.29) is 30.4 Å². The Labute approximate surface area is 187 Å². The third kappa shape index (κ3) is 6.87. The van der Waals surface area contributed by atoms with E-state index in [0.29, 0.717) is 12.3 Å². The molecule has 30 heavy (non-hydrogen) atoms. The molecular weight excluding hydrogens is 444 g/mol. The van der Waals surface area contributed by atoms with Gasteiger partial charge in [-0.05, 0) is 56.0 Å². The summed E-state index contributed by atoms with van der Waals surface area (Å²) in [5.41, 5.74) is 1.99. The number of carbonyl (C=O) groups is 2. The van der Waals surface area contributed by atoms with Crippen LogP contribution in [0.1, 0.15) is 51.7 Å². The first-order valence-electron chi connectivity index (χ1n) is 10.2. The van der Waals surface area contributed by atoms with Crippen molar-refractivity contribution in [3.05, 3.63) is 64.1 Å². The highest BCUT2D eigenvalue weighted by Crippen LogP contribution is 2.26. The Balaban J connectivity index is 2.19. The van der Waals surface area contributed by atoms with E-state index >= 15 is 0 Å². The van der Waals surface area contributed by atoms with Gasteiger partial charge in [-0.1, -0.05) is 60.1 Å². The predicted octanol–water partition coefficient (Wildman–Crippen LogP) is 4.89. The van der Waals surface area contributed by atoms with E-state index in [1.54, 1.807) is 11.8 Å². The summed E-state index contributed by atoms with van der Waals surface area (Å²) >= 11 is 3.42. The number of para-hydroxylation sites is 1. The average Bonchev–Trinajstić information content (AvgIpc) is 2.70. The van der Waals surface area contributed by atoms with Gasteiger partial charge in [-0.15, -0.1) is 0 Å². The van der Waals surface area contributed by atoms with E-state index in [4.69, 9.17) is 4.74 Å². The molecular formula is C24H31BrN2O3. The normalized spacial score (nSPS) is 12.0. The van der Waals surface area contributed by atoms with E-state index in [2.05, 4.69) is 35.1 Å². The Bertz CT molecular complexity index is 850. The Kier molecular flexibility index (Phi) is 8.90. The number of hydrogen-bond donors (Lipinski definition) is 1. The molecule has 6 heteroatoms. The summed E-state index contributed by atoms with van der Waals surface area (Å²) in [6, 6.07) is 14.8. The number of rotatable bonds is 9. The number of nitrogens with one attached hydrogen (secondary N) is 1. The minimum atomic E-state index is -0.618. The lowest BCUT2D eigenvalue weighted by Crippen LogP contribution is -2.50. The Hall–Kier alpha value is -2.34. The van der Waals surface area contributed by atoms with E-state index in [0.717, 1.165) is 15.6 Å². The van der Waals surface area contributed by atoms with Crippen molar-refractivity contribution in [2.45, 2.75) is 59.2 Å². The molecule has 1 atom stereocenters. The lowest BCUT2D eigenvalue weighted by Gasteiger charge is -2.29. The van der Waals surface area contributed by atoms with Crippen LogP contribution in [0.3, 0.4) is 0 Å². The van der Waals surface area contributed by atoms with Crippen LogP contribution in [0.2, 0.25) is 0 Å². The van der Waals surface area contributed by atoms with E-state index in [1.807, 2.05) is 62.4 Å². The molecule has 0 fully saturated rings. The smallest absolute Gasteiger partial charge is 0.261 e. The highest BCUT2D eigenvalue weighted by atomic mass is 79.9. The Morgan fingerprint density at radius 3 is 2.23 bits per heavy atom. The monoisotopic (exact) mass is 474 g/mol. The molecule has 2 rings (SSSR count). The molecule has 162 valence electrons. The SMILES string of the molecule is CC(C)NC(=O)[C@@H](C)N(Cc1ccc(Br)cc1)C(=O)COc1ccccc1C(C)C. The summed E-state index contributed by atoms with van der Waals surface area (Å²) in [6.45, 7) is 9.92. The number of ether oxygens (including phenoxy) is 1. The molecule has 0 aliphatic rings. The molecule has 0 aromatic heterocycles. The molecule has 0 aliphatic heterocycles. The number of halogens is 1. The molecule has 0 saturated heterocycles. The number of carbonyl (C=O) groups excluding carboxylic acids is 2. The zero-order valence-electron chi connectivity index (χ0n) is 18.3. The van der Waals surface area contributed by atoms with Crippen molar-refractivity contribution in [2.24, 2.45) is 0 Å². The second kappa shape index (κ2) is 11.2. The molecule has 0 unspecified atom stereocenters. The van der Waals surface area contributed by atoms with Crippen LogP contribution in [0.5, 0.6) is 5.75 Å². The van der Waals surface area contributed by atoms with E-state index in [9.17, 15) is 9.59 Å². The molecule has 1 N–H and O–H groups in total. The van der Waals surface area contributed by atoms with Gasteiger partial charge >= 0.3 is 0 Å². The maximum Gasteiger partial charge on any atom is 0.261 e. The summed E-state index contributed by atoms with van der Waals surface area (Å²) in [4.78, 5) is 27.3. The minimum absolute atomic E-state index is 0.00116. The second-order valence-electron chi connectivity index (χ2n) is 7.97. The fourth-order valence-corrected chi connectivity index (χ4v) is 3.35. The van der Waals surface area contributed by atoms with Crippen LogP contribution in [0.15, 0.2) is 53.0 Å². The Morgan fingerprint density at radius 2 is 1.63 bits per heavy atom. The van der Waals surface area contributed by atoms with Crippen molar-refractivity contribution >= 4 is 27.7 Å². The van der Waals surface area contributed by atoms with Crippen molar-refractivity contribution in [3.8, 4) is 5.75 Å². The lowest BCUT2D eigenvalue weighted by atomic mass is 10.0. The van der Waals surface area contributed by atoms with Crippen molar-refractivity contribution in [1.82, 2.24) is 10.2 Å². The number of amides is 2. The van der Waals surface area contributed by atoms with Crippen LogP contribution in [0, 0.1) is 0 Å². The van der Waals surface area contributed by atoms with Crippen molar-refractivity contribution in [3.63, 3.8) is 0 Å². The Morgan fingerprint density at radius 1 is 1.00 bits per heavy atom. The standard InChI is InChI=1S/C24H31BrN2O3/c1-16(2)21-8-6-7-9-22(21)30-15-23(28)27(18(5)24(29)26-17(3)4)14-19-10-12-20(25)13-11-19/h6-13,16-18H,14-15H2,1-5H3,(H,26,29)/t18-/m1/s1. The molecule has 2 aromatic carbocycles. The van der Waals surface area contributed by atoms with Crippen LogP contribution >= 0.6 is 15.9 Å². The molecule has 2 aromatic rings. The zero-order chi connectivity index (χ0) is 22.3. The summed E-state index contributed by atoms with van der Waals surface area (Å²) in [7, 11) is 0. The van der Waals surface area contributed by atoms with E-state index in [1.165, 1.54) is 0 Å². The van der Waals surface area contributed by atoms with Crippen molar-refractivity contribution < 1.29 is 14.3 Å². The summed E-state index contributed by atoms with van der Waals surface area (Å²) < 4.78 is 6.84. The van der Waals surface area contributed by atoms with Gasteiger partial charge in [0.25, 0.3) is 5.91 Å². The summed E-state index contributed by atoms with van der Waals surface area (Å²) in [5, 5.41) is 2.89. The molecule has 0 saturated carbocycles. The molecule has 0 heterocycles. The van der Waals surface area contributed by atoms with Gasteiger partial charge in [0.05, 0.1) is 0 Å². The molecule has 0 bridgehead atoms. The van der Waals surface area contributed by atoms with Gasteiger partial charge in [0.2, 0.25) is 5.91 Å². The van der Waals surface area contributed by atoms with E-state index < -0.39 is 6.04 Å². The van der Waals surface area contributed by atoms with Gasteiger partial charge in [0, 0.05) is 17.1 Å². The van der Waals surface area contributed by atoms with Crippen molar-refractivity contribution in [2.75, 3.05) is 6.61 Å². The highest BCUT2D eigenvalue weighted by molar-refractivity contribution is 9.10. The number of nitrogens with zero attached hydrogens (tertiary/aromatic N) is 1. The molecule has 0 radical (unpaired) electrons. The number of benzene rings is 2. The molecule has 2 amide bonds. The largest absolute Gasteiger partial charge is 0.483 e. The van der Waals surface area contributed by atoms with Crippen LogP contribution in [-0.4, -0.2) is 35.4 Å². The average molecular weight is 475 g/mol.